The highest BCUT2D eigenvalue weighted by molar-refractivity contribution is 6.13. The highest BCUT2D eigenvalue weighted by Crippen LogP contribution is 2.28. The predicted octanol–water partition coefficient (Wildman–Crippen LogP) is 9.33. The van der Waals surface area contributed by atoms with Gasteiger partial charge >= 0.3 is 12.0 Å². The molecule has 0 saturated carbocycles. The molecule has 6 rings (SSSR count). The number of rotatable bonds is 9. The van der Waals surface area contributed by atoms with Crippen molar-refractivity contribution in [3.63, 3.8) is 0 Å². The summed E-state index contributed by atoms with van der Waals surface area (Å²) in [5.41, 5.74) is 4.78. The number of urea groups is 1. The summed E-state index contributed by atoms with van der Waals surface area (Å²) < 4.78 is 12.0. The lowest BCUT2D eigenvalue weighted by Crippen LogP contribution is -2.48. The maximum atomic E-state index is 14.5. The largest absolute Gasteiger partial charge is 0.458 e. The molecule has 0 aromatic heterocycles. The summed E-state index contributed by atoms with van der Waals surface area (Å²) in [6.07, 6.45) is 1.23. The summed E-state index contributed by atoms with van der Waals surface area (Å²) in [7, 11) is 0. The Morgan fingerprint density at radius 1 is 0.735 bits per heavy atom. The van der Waals surface area contributed by atoms with Gasteiger partial charge in [0.1, 0.15) is 23.1 Å². The van der Waals surface area contributed by atoms with Crippen LogP contribution < -0.4 is 4.74 Å². The van der Waals surface area contributed by atoms with E-state index < -0.39 is 17.6 Å². The second-order valence-corrected chi connectivity index (χ2v) is 13.0. The van der Waals surface area contributed by atoms with E-state index in [-0.39, 0.29) is 12.6 Å². The summed E-state index contributed by atoms with van der Waals surface area (Å²) in [4.78, 5) is 29.3. The fraction of sp³-hybridized carbons (Fsp3) is 0.214. The second-order valence-electron chi connectivity index (χ2n) is 13.0. The minimum absolute atomic E-state index is 0.156. The Hall–Kier alpha value is -5.69. The molecule has 0 bridgehead atoms. The van der Waals surface area contributed by atoms with Crippen LogP contribution in [0.5, 0.6) is 11.5 Å². The van der Waals surface area contributed by atoms with Crippen LogP contribution in [0.2, 0.25) is 0 Å². The Labute approximate surface area is 288 Å². The molecule has 1 atom stereocenters. The number of nitrogens with zero attached hydrogens (tertiary/aromatic N) is 3. The van der Waals surface area contributed by atoms with E-state index >= 15 is 0 Å². The lowest BCUT2D eigenvalue weighted by Gasteiger charge is -2.30. The van der Waals surface area contributed by atoms with Crippen LogP contribution in [0.3, 0.4) is 0 Å². The van der Waals surface area contributed by atoms with Gasteiger partial charge in [0, 0.05) is 17.7 Å². The average molecular weight is 652 g/mol. The summed E-state index contributed by atoms with van der Waals surface area (Å²) in [6, 6.07) is 44.4. The number of carbonyl (C=O) groups excluding carboxylic acids is 2. The quantitative estimate of drug-likeness (QED) is 0.0905. The monoisotopic (exact) mass is 651 g/mol. The molecule has 7 nitrogen and oxygen atoms in total. The first-order chi connectivity index (χ1) is 23.7. The number of hydrogen-bond acceptors (Lipinski definition) is 5. The van der Waals surface area contributed by atoms with Gasteiger partial charge in [-0.25, -0.2) is 14.6 Å². The van der Waals surface area contributed by atoms with E-state index in [1.165, 1.54) is 5.01 Å². The number of carbonyl (C=O) groups is 2. The SMILES string of the molecule is CC(C)(C)OC(=O)[C@H]1CCCN1C(=O)N(Cc1cccc(Oc2ccc(-c3ccccc3)cc2)c1)N=C(c1ccccc1)c1ccccc1. The Morgan fingerprint density at radius 2 is 1.33 bits per heavy atom. The zero-order valence-electron chi connectivity index (χ0n) is 28.2. The Balaban J connectivity index is 1.31. The summed E-state index contributed by atoms with van der Waals surface area (Å²) in [5, 5.41) is 6.51. The third kappa shape index (κ3) is 8.62. The molecule has 1 aliphatic heterocycles. The van der Waals surface area contributed by atoms with Gasteiger partial charge in [-0.1, -0.05) is 115 Å². The van der Waals surface area contributed by atoms with E-state index in [1.807, 2.05) is 148 Å². The molecule has 1 fully saturated rings. The standard InChI is InChI=1S/C42H41N3O4/c1-42(2,3)49-40(46)38-23-14-28-44(38)41(47)45(43-39(34-18-9-5-10-19-34)35-20-11-6-12-21-35)30-31-15-13-22-37(29-31)48-36-26-24-33(25-27-36)32-16-7-4-8-17-32/h4-13,15-22,24-27,29,38H,14,23,28,30H2,1-3H3/t38-/m1/s1. The van der Waals surface area contributed by atoms with Crippen molar-refractivity contribution >= 4 is 17.7 Å². The summed E-state index contributed by atoms with van der Waals surface area (Å²) >= 11 is 0. The molecule has 0 unspecified atom stereocenters. The van der Waals surface area contributed by atoms with Crippen LogP contribution in [0.15, 0.2) is 145 Å². The van der Waals surface area contributed by atoms with Gasteiger partial charge in [0.2, 0.25) is 0 Å². The Bertz CT molecular complexity index is 1840. The minimum atomic E-state index is -0.685. The lowest BCUT2D eigenvalue weighted by molar-refractivity contribution is -0.159. The van der Waals surface area contributed by atoms with Gasteiger partial charge in [0.25, 0.3) is 0 Å². The molecule has 0 radical (unpaired) electrons. The van der Waals surface area contributed by atoms with E-state index in [2.05, 4.69) is 12.1 Å². The van der Waals surface area contributed by atoms with Crippen molar-refractivity contribution in [2.45, 2.75) is 51.8 Å². The average Bonchev–Trinajstić information content (AvgIpc) is 3.61. The van der Waals surface area contributed by atoms with E-state index in [0.717, 1.165) is 27.8 Å². The number of hydrogen-bond donors (Lipinski definition) is 0. The van der Waals surface area contributed by atoms with Gasteiger partial charge in [0.15, 0.2) is 0 Å². The molecule has 5 aromatic rings. The molecule has 1 aliphatic rings. The maximum Gasteiger partial charge on any atom is 0.341 e. The summed E-state index contributed by atoms with van der Waals surface area (Å²) in [6.45, 7) is 6.09. The zero-order valence-corrected chi connectivity index (χ0v) is 28.2. The topological polar surface area (TPSA) is 71.4 Å². The molecular weight excluding hydrogens is 610 g/mol. The van der Waals surface area contributed by atoms with Crippen LogP contribution in [0.1, 0.15) is 50.3 Å². The van der Waals surface area contributed by atoms with Crippen LogP contribution in [-0.4, -0.2) is 45.8 Å². The van der Waals surface area contributed by atoms with Crippen LogP contribution in [-0.2, 0) is 16.1 Å². The van der Waals surface area contributed by atoms with E-state index in [9.17, 15) is 9.59 Å². The summed E-state index contributed by atoms with van der Waals surface area (Å²) in [5.74, 6) is 0.943. The first kappa shape index (κ1) is 33.2. The molecule has 0 aliphatic carbocycles. The predicted molar refractivity (Wildman–Crippen MR) is 193 cm³/mol. The van der Waals surface area contributed by atoms with Crippen molar-refractivity contribution in [3.8, 4) is 22.6 Å². The van der Waals surface area contributed by atoms with Gasteiger partial charge in [-0.2, -0.15) is 5.10 Å². The van der Waals surface area contributed by atoms with E-state index in [1.54, 1.807) is 4.90 Å². The fourth-order valence-electron chi connectivity index (χ4n) is 5.86. The molecule has 49 heavy (non-hydrogen) atoms. The van der Waals surface area contributed by atoms with Crippen molar-refractivity contribution in [1.82, 2.24) is 9.91 Å². The normalized spacial score (nSPS) is 14.2. The molecule has 7 heteroatoms. The molecular formula is C42H41N3O4. The number of ether oxygens (including phenoxy) is 2. The maximum absolute atomic E-state index is 14.5. The van der Waals surface area contributed by atoms with Gasteiger partial charge in [-0.3, -0.25) is 0 Å². The molecule has 0 spiro atoms. The van der Waals surface area contributed by atoms with Crippen LogP contribution in [0.25, 0.3) is 11.1 Å². The van der Waals surface area contributed by atoms with Crippen LogP contribution >= 0.6 is 0 Å². The third-order valence-corrected chi connectivity index (χ3v) is 8.14. The molecule has 0 N–H and O–H groups in total. The first-order valence-electron chi connectivity index (χ1n) is 16.7. The molecule has 248 valence electrons. The van der Waals surface area contributed by atoms with Gasteiger partial charge < -0.3 is 14.4 Å². The van der Waals surface area contributed by atoms with E-state index in [4.69, 9.17) is 14.6 Å². The van der Waals surface area contributed by atoms with Crippen molar-refractivity contribution < 1.29 is 19.1 Å². The highest BCUT2D eigenvalue weighted by Gasteiger charge is 2.39. The smallest absolute Gasteiger partial charge is 0.341 e. The number of hydrazone groups is 1. The van der Waals surface area contributed by atoms with Crippen molar-refractivity contribution in [2.24, 2.45) is 5.10 Å². The van der Waals surface area contributed by atoms with Crippen molar-refractivity contribution in [1.29, 1.82) is 0 Å². The van der Waals surface area contributed by atoms with Crippen LogP contribution in [0, 0.1) is 0 Å². The zero-order chi connectivity index (χ0) is 34.2. The Morgan fingerprint density at radius 3 is 1.94 bits per heavy atom. The Kier molecular flexibility index (Phi) is 10.2. The number of esters is 1. The van der Waals surface area contributed by atoms with Crippen molar-refractivity contribution in [2.75, 3.05) is 6.54 Å². The van der Waals surface area contributed by atoms with Gasteiger partial charge in [-0.15, -0.1) is 0 Å². The molecule has 1 saturated heterocycles. The highest BCUT2D eigenvalue weighted by atomic mass is 16.6. The number of likely N-dealkylation sites (tertiary alicyclic amines) is 1. The first-order valence-corrected chi connectivity index (χ1v) is 16.7. The van der Waals surface area contributed by atoms with Gasteiger partial charge in [-0.05, 0) is 74.6 Å². The van der Waals surface area contributed by atoms with Gasteiger partial charge in [0.05, 0.1) is 12.3 Å². The van der Waals surface area contributed by atoms with E-state index in [0.29, 0.717) is 36.6 Å². The number of amides is 2. The fourth-order valence-corrected chi connectivity index (χ4v) is 5.86. The molecule has 1 heterocycles. The third-order valence-electron chi connectivity index (χ3n) is 8.14. The van der Waals surface area contributed by atoms with Crippen molar-refractivity contribution in [3.05, 3.63) is 156 Å². The minimum Gasteiger partial charge on any atom is -0.458 e. The molecule has 5 aromatic carbocycles. The number of benzene rings is 5. The van der Waals surface area contributed by atoms with Crippen LogP contribution in [0.4, 0.5) is 4.79 Å². The second kappa shape index (κ2) is 15.0. The lowest BCUT2D eigenvalue weighted by atomic mass is 10.0. The molecule has 2 amide bonds.